The van der Waals surface area contributed by atoms with E-state index in [4.69, 9.17) is 9.47 Å². The molecule has 0 saturated carbocycles. The molecular weight excluding hydrogens is 441 g/mol. The van der Waals surface area contributed by atoms with Crippen LogP contribution in [0.1, 0.15) is 36.1 Å². The molecule has 0 spiro atoms. The van der Waals surface area contributed by atoms with E-state index in [1.54, 1.807) is 0 Å². The zero-order valence-corrected chi connectivity index (χ0v) is 19.4. The molecular formula is C26H26FNO4S. The van der Waals surface area contributed by atoms with Gasteiger partial charge in [-0.1, -0.05) is 37.3 Å². The van der Waals surface area contributed by atoms with Gasteiger partial charge in [0.1, 0.15) is 11.9 Å². The Bertz CT molecular complexity index is 1310. The normalized spacial score (nSPS) is 19.7. The van der Waals surface area contributed by atoms with Gasteiger partial charge in [0, 0.05) is 24.6 Å². The maximum Gasteiger partial charge on any atom is 0.264 e. The van der Waals surface area contributed by atoms with Gasteiger partial charge in [-0.05, 0) is 54.2 Å². The lowest BCUT2D eigenvalue weighted by Gasteiger charge is -2.31. The zero-order valence-electron chi connectivity index (χ0n) is 18.6. The smallest absolute Gasteiger partial charge is 0.264 e. The minimum Gasteiger partial charge on any atom is -0.494 e. The lowest BCUT2D eigenvalue weighted by molar-refractivity contribution is 0.159. The summed E-state index contributed by atoms with van der Waals surface area (Å²) in [5, 5.41) is 0. The number of sulfonamides is 1. The lowest BCUT2D eigenvalue weighted by atomic mass is 10.0. The number of fused-ring (bicyclic) bond motifs is 2. The van der Waals surface area contributed by atoms with Gasteiger partial charge in [-0.15, -0.1) is 0 Å². The Balaban J connectivity index is 1.49. The van der Waals surface area contributed by atoms with Crippen LogP contribution in [-0.4, -0.2) is 22.1 Å². The van der Waals surface area contributed by atoms with Crippen molar-refractivity contribution < 1.29 is 22.3 Å². The van der Waals surface area contributed by atoms with Gasteiger partial charge in [0.05, 0.1) is 17.7 Å². The summed E-state index contributed by atoms with van der Waals surface area (Å²) >= 11 is 0. The number of benzene rings is 3. The van der Waals surface area contributed by atoms with Gasteiger partial charge >= 0.3 is 0 Å². The van der Waals surface area contributed by atoms with Crippen LogP contribution in [0.25, 0.3) is 0 Å². The molecule has 0 aromatic heterocycles. The van der Waals surface area contributed by atoms with Crippen molar-refractivity contribution in [2.24, 2.45) is 5.92 Å². The van der Waals surface area contributed by atoms with E-state index in [0.29, 0.717) is 30.3 Å². The van der Waals surface area contributed by atoms with Crippen LogP contribution >= 0.6 is 0 Å². The Morgan fingerprint density at radius 3 is 2.67 bits per heavy atom. The number of anilines is 1. The van der Waals surface area contributed by atoms with Gasteiger partial charge in [0.25, 0.3) is 10.0 Å². The van der Waals surface area contributed by atoms with Gasteiger partial charge in [-0.2, -0.15) is 0 Å². The summed E-state index contributed by atoms with van der Waals surface area (Å²) in [5.74, 6) is 0.266. The monoisotopic (exact) mass is 467 g/mol. The number of hydrogen-bond acceptors (Lipinski definition) is 4. The third-order valence-corrected chi connectivity index (χ3v) is 8.34. The van der Waals surface area contributed by atoms with E-state index in [1.165, 1.54) is 34.7 Å². The summed E-state index contributed by atoms with van der Waals surface area (Å²) in [6, 6.07) is 17.6. The highest BCUT2D eigenvalue weighted by atomic mass is 32.2. The molecule has 3 aromatic rings. The van der Waals surface area contributed by atoms with Gasteiger partial charge < -0.3 is 9.47 Å². The van der Waals surface area contributed by atoms with E-state index in [-0.39, 0.29) is 16.7 Å². The molecule has 5 rings (SSSR count). The molecule has 5 nitrogen and oxygen atoms in total. The molecule has 3 aromatic carbocycles. The van der Waals surface area contributed by atoms with Crippen LogP contribution in [0, 0.1) is 11.7 Å². The highest BCUT2D eigenvalue weighted by Crippen LogP contribution is 2.41. The van der Waals surface area contributed by atoms with E-state index in [2.05, 4.69) is 19.1 Å². The average molecular weight is 468 g/mol. The Morgan fingerprint density at radius 1 is 1.03 bits per heavy atom. The third-order valence-electron chi connectivity index (χ3n) is 6.53. The van der Waals surface area contributed by atoms with Gasteiger partial charge in [0.2, 0.25) is 0 Å². The van der Waals surface area contributed by atoms with E-state index >= 15 is 0 Å². The van der Waals surface area contributed by atoms with E-state index in [0.717, 1.165) is 24.5 Å². The van der Waals surface area contributed by atoms with Crippen molar-refractivity contribution in [3.8, 4) is 11.5 Å². The fourth-order valence-corrected chi connectivity index (χ4v) is 6.40. The standard InChI is InChI=1S/C26H26FNO4S/c1-17-14-19-6-3-4-8-22(19)26(17)32-20-10-9-18-7-5-13-28(24(18)15-20)33(29,30)21-11-12-23(27)25(16-21)31-2/h3-4,6,8-12,15-17,26H,5,7,13-14H2,1-2H3/t17-,26-/m0/s1. The Morgan fingerprint density at radius 2 is 1.85 bits per heavy atom. The van der Waals surface area contributed by atoms with E-state index in [9.17, 15) is 12.8 Å². The largest absolute Gasteiger partial charge is 0.494 e. The Hall–Kier alpha value is -3.06. The molecule has 2 atom stereocenters. The summed E-state index contributed by atoms with van der Waals surface area (Å²) in [4.78, 5) is -0.00161. The van der Waals surface area contributed by atoms with E-state index < -0.39 is 15.8 Å². The molecule has 2 aliphatic rings. The topological polar surface area (TPSA) is 55.8 Å². The molecule has 0 saturated heterocycles. The number of ether oxygens (including phenoxy) is 2. The second kappa shape index (κ2) is 8.37. The fraction of sp³-hybridized carbons (Fsp3) is 0.308. The van der Waals surface area contributed by atoms with Crippen LogP contribution in [0.4, 0.5) is 10.1 Å². The first-order valence-electron chi connectivity index (χ1n) is 11.1. The minimum atomic E-state index is -3.90. The first kappa shape index (κ1) is 21.8. The summed E-state index contributed by atoms with van der Waals surface area (Å²) < 4.78 is 53.7. The number of aryl methyl sites for hydroxylation is 1. The van der Waals surface area contributed by atoms with Crippen molar-refractivity contribution in [3.63, 3.8) is 0 Å². The molecule has 33 heavy (non-hydrogen) atoms. The molecule has 0 amide bonds. The number of methoxy groups -OCH3 is 1. The SMILES string of the molecule is COc1cc(S(=O)(=O)N2CCCc3ccc(O[C@@H]4c5ccccc5C[C@@H]4C)cc32)ccc1F. The van der Waals surface area contributed by atoms with Crippen LogP contribution in [-0.2, 0) is 22.9 Å². The third kappa shape index (κ3) is 3.84. The molecule has 1 heterocycles. The highest BCUT2D eigenvalue weighted by molar-refractivity contribution is 7.92. The fourth-order valence-electron chi connectivity index (χ4n) is 4.86. The summed E-state index contributed by atoms with van der Waals surface area (Å²) in [6.45, 7) is 2.52. The van der Waals surface area contributed by atoms with Crippen molar-refractivity contribution in [2.45, 2.75) is 37.2 Å². The number of nitrogens with zero attached hydrogens (tertiary/aromatic N) is 1. The van der Waals surface area contributed by atoms with Crippen LogP contribution in [0.2, 0.25) is 0 Å². The van der Waals surface area contributed by atoms with Crippen molar-refractivity contribution >= 4 is 15.7 Å². The predicted octanol–water partition coefficient (Wildman–Crippen LogP) is 5.29. The molecule has 1 aliphatic carbocycles. The molecule has 0 fully saturated rings. The molecule has 0 N–H and O–H groups in total. The maximum atomic E-state index is 13.9. The van der Waals surface area contributed by atoms with Gasteiger partial charge in [-0.25, -0.2) is 12.8 Å². The first-order chi connectivity index (χ1) is 15.9. The van der Waals surface area contributed by atoms with Crippen molar-refractivity contribution in [1.29, 1.82) is 0 Å². The number of halogens is 1. The van der Waals surface area contributed by atoms with Crippen LogP contribution in [0.3, 0.4) is 0 Å². The van der Waals surface area contributed by atoms with Gasteiger partial charge in [0.15, 0.2) is 11.6 Å². The quantitative estimate of drug-likeness (QED) is 0.512. The molecule has 0 unspecified atom stereocenters. The van der Waals surface area contributed by atoms with E-state index in [1.807, 2.05) is 30.3 Å². The Kier molecular flexibility index (Phi) is 5.52. The molecule has 7 heteroatoms. The predicted molar refractivity (Wildman–Crippen MR) is 125 cm³/mol. The maximum absolute atomic E-state index is 13.9. The van der Waals surface area contributed by atoms with Crippen LogP contribution < -0.4 is 13.8 Å². The highest BCUT2D eigenvalue weighted by Gasteiger charge is 2.33. The first-order valence-corrected chi connectivity index (χ1v) is 12.6. The molecule has 0 radical (unpaired) electrons. The number of hydrogen-bond donors (Lipinski definition) is 0. The minimum absolute atomic E-state index is 0.00161. The van der Waals surface area contributed by atoms with Crippen molar-refractivity contribution in [1.82, 2.24) is 0 Å². The summed E-state index contributed by atoms with van der Waals surface area (Å²) in [5.41, 5.74) is 4.04. The average Bonchev–Trinajstić information content (AvgIpc) is 3.13. The molecule has 1 aliphatic heterocycles. The second-order valence-electron chi connectivity index (χ2n) is 8.69. The molecule has 172 valence electrons. The zero-order chi connectivity index (χ0) is 23.2. The summed E-state index contributed by atoms with van der Waals surface area (Å²) in [7, 11) is -2.58. The number of rotatable bonds is 5. The van der Waals surface area contributed by atoms with Crippen LogP contribution in [0.5, 0.6) is 11.5 Å². The lowest BCUT2D eigenvalue weighted by Crippen LogP contribution is -2.35. The summed E-state index contributed by atoms with van der Waals surface area (Å²) in [6.07, 6.45) is 2.38. The Labute approximate surface area is 193 Å². The van der Waals surface area contributed by atoms with Crippen molar-refractivity contribution in [2.75, 3.05) is 18.0 Å². The van der Waals surface area contributed by atoms with Gasteiger partial charge in [-0.3, -0.25) is 4.31 Å². The van der Waals surface area contributed by atoms with Crippen molar-refractivity contribution in [3.05, 3.63) is 83.2 Å². The molecule has 0 bridgehead atoms. The van der Waals surface area contributed by atoms with Crippen LogP contribution in [0.15, 0.2) is 65.6 Å². The second-order valence-corrected chi connectivity index (χ2v) is 10.5.